The van der Waals surface area contributed by atoms with Gasteiger partial charge in [-0.2, -0.15) is 10.1 Å². The second-order valence-corrected chi connectivity index (χ2v) is 8.82. The minimum atomic E-state index is -0.225. The molecule has 3 atom stereocenters. The van der Waals surface area contributed by atoms with Crippen LogP contribution in [0.15, 0.2) is 47.1 Å². The van der Waals surface area contributed by atoms with E-state index < -0.39 is 0 Å². The molecule has 1 saturated carbocycles. The monoisotopic (exact) mass is 420 g/mol. The van der Waals surface area contributed by atoms with Gasteiger partial charge in [0.2, 0.25) is 5.89 Å². The molecular formula is C23H28N6O2. The minimum Gasteiger partial charge on any atom is -0.348 e. The number of nitrogens with zero attached hydrogens (tertiary/aromatic N) is 5. The van der Waals surface area contributed by atoms with Crippen molar-refractivity contribution in [3.63, 3.8) is 0 Å². The molecule has 31 heavy (non-hydrogen) atoms. The highest BCUT2D eigenvalue weighted by Gasteiger charge is 2.57. The van der Waals surface area contributed by atoms with Gasteiger partial charge in [0.15, 0.2) is 5.82 Å². The van der Waals surface area contributed by atoms with Gasteiger partial charge in [0.05, 0.1) is 5.41 Å². The number of aromatic nitrogens is 4. The smallest absolute Gasteiger partial charge is 0.271 e. The van der Waals surface area contributed by atoms with Crippen LogP contribution in [-0.2, 0) is 18.5 Å². The van der Waals surface area contributed by atoms with Crippen LogP contribution in [0.4, 0.5) is 0 Å². The molecule has 0 spiro atoms. The van der Waals surface area contributed by atoms with Gasteiger partial charge in [0.1, 0.15) is 5.69 Å². The lowest BCUT2D eigenvalue weighted by molar-refractivity contribution is 0.0928. The molecule has 1 aliphatic heterocycles. The first-order chi connectivity index (χ1) is 15.1. The van der Waals surface area contributed by atoms with E-state index in [1.165, 1.54) is 5.56 Å². The number of hydrogen-bond donors (Lipinski definition) is 1. The van der Waals surface area contributed by atoms with Crippen LogP contribution in [0, 0.1) is 12.8 Å². The fourth-order valence-corrected chi connectivity index (χ4v) is 5.30. The molecule has 1 aromatic carbocycles. The van der Waals surface area contributed by atoms with Gasteiger partial charge in [-0.25, -0.2) is 0 Å². The number of benzene rings is 1. The van der Waals surface area contributed by atoms with Crippen molar-refractivity contribution < 1.29 is 9.32 Å². The van der Waals surface area contributed by atoms with Crippen LogP contribution in [-0.4, -0.2) is 49.9 Å². The van der Waals surface area contributed by atoms with Crippen LogP contribution >= 0.6 is 0 Å². The Hall–Kier alpha value is -3.00. The molecule has 1 N–H and O–H groups in total. The van der Waals surface area contributed by atoms with Crippen molar-refractivity contribution in [3.8, 4) is 0 Å². The Balaban J connectivity index is 1.34. The quantitative estimate of drug-likeness (QED) is 0.659. The zero-order chi connectivity index (χ0) is 21.4. The maximum atomic E-state index is 12.8. The van der Waals surface area contributed by atoms with E-state index in [4.69, 9.17) is 4.52 Å². The molecule has 1 saturated heterocycles. The zero-order valence-corrected chi connectivity index (χ0v) is 18.0. The zero-order valence-electron chi connectivity index (χ0n) is 18.0. The average Bonchev–Trinajstić information content (AvgIpc) is 3.52. The molecule has 1 aliphatic carbocycles. The molecule has 8 heteroatoms. The van der Waals surface area contributed by atoms with Gasteiger partial charge in [-0.05, 0) is 44.2 Å². The summed E-state index contributed by atoms with van der Waals surface area (Å²) in [4.78, 5) is 19.8. The van der Waals surface area contributed by atoms with Crippen molar-refractivity contribution in [1.29, 1.82) is 0 Å². The van der Waals surface area contributed by atoms with E-state index in [2.05, 4.69) is 49.7 Å². The van der Waals surface area contributed by atoms with Crippen molar-refractivity contribution in [1.82, 2.24) is 30.1 Å². The predicted octanol–water partition coefficient (Wildman–Crippen LogP) is 2.56. The molecule has 3 aromatic rings. The molecule has 162 valence electrons. The van der Waals surface area contributed by atoms with Gasteiger partial charge >= 0.3 is 0 Å². The topological polar surface area (TPSA) is 89.1 Å². The van der Waals surface area contributed by atoms with E-state index in [9.17, 15) is 4.79 Å². The maximum absolute atomic E-state index is 12.8. The van der Waals surface area contributed by atoms with E-state index in [0.29, 0.717) is 23.3 Å². The highest BCUT2D eigenvalue weighted by molar-refractivity contribution is 5.92. The molecule has 2 fully saturated rings. The van der Waals surface area contributed by atoms with Crippen LogP contribution in [0.5, 0.6) is 0 Å². The number of aryl methyl sites for hydroxylation is 2. The number of likely N-dealkylation sites (tertiary alicyclic amines) is 1. The molecular weight excluding hydrogens is 392 g/mol. The number of hydrogen-bond acceptors (Lipinski definition) is 6. The second kappa shape index (κ2) is 7.92. The molecule has 5 rings (SSSR count). The fraction of sp³-hybridized carbons (Fsp3) is 0.478. The van der Waals surface area contributed by atoms with E-state index in [0.717, 1.165) is 39.0 Å². The van der Waals surface area contributed by atoms with E-state index in [1.807, 2.05) is 26.1 Å². The molecule has 0 bridgehead atoms. The van der Waals surface area contributed by atoms with Gasteiger partial charge in [0, 0.05) is 38.4 Å². The first-order valence-electron chi connectivity index (χ1n) is 11.0. The first kappa shape index (κ1) is 19.9. The first-order valence-corrected chi connectivity index (χ1v) is 11.0. The van der Waals surface area contributed by atoms with Gasteiger partial charge in [-0.15, -0.1) is 0 Å². The Bertz CT molecular complexity index is 1060. The molecule has 1 amide bonds. The third-order valence-electron chi connectivity index (χ3n) is 6.68. The van der Waals surface area contributed by atoms with Gasteiger partial charge in [-0.1, -0.05) is 35.5 Å². The summed E-state index contributed by atoms with van der Waals surface area (Å²) in [5.74, 6) is 1.60. The lowest BCUT2D eigenvalue weighted by Gasteiger charge is -2.25. The van der Waals surface area contributed by atoms with E-state index in [1.54, 1.807) is 10.7 Å². The highest BCUT2D eigenvalue weighted by Crippen LogP contribution is 2.50. The largest absolute Gasteiger partial charge is 0.348 e. The summed E-state index contributed by atoms with van der Waals surface area (Å²) in [6, 6.07) is 12.4. The van der Waals surface area contributed by atoms with Crippen molar-refractivity contribution in [2.75, 3.05) is 13.1 Å². The Kier molecular flexibility index (Phi) is 5.09. The van der Waals surface area contributed by atoms with Gasteiger partial charge in [-0.3, -0.25) is 14.4 Å². The van der Waals surface area contributed by atoms with E-state index >= 15 is 0 Å². The minimum absolute atomic E-state index is 0.0651. The molecule has 0 unspecified atom stereocenters. The predicted molar refractivity (Wildman–Crippen MR) is 114 cm³/mol. The van der Waals surface area contributed by atoms with Crippen molar-refractivity contribution in [2.45, 2.75) is 51.2 Å². The normalized spacial score (nSPS) is 25.6. The lowest BCUT2D eigenvalue weighted by atomic mass is 9.80. The van der Waals surface area contributed by atoms with Crippen LogP contribution in [0.2, 0.25) is 0 Å². The Labute approximate surface area is 181 Å². The van der Waals surface area contributed by atoms with Gasteiger partial charge in [0.25, 0.3) is 5.91 Å². The third kappa shape index (κ3) is 3.76. The van der Waals surface area contributed by atoms with Gasteiger partial charge < -0.3 is 9.84 Å². The second-order valence-electron chi connectivity index (χ2n) is 8.82. The third-order valence-corrected chi connectivity index (χ3v) is 6.68. The number of carbonyl (C=O) groups excluding carboxylic acids is 1. The maximum Gasteiger partial charge on any atom is 0.271 e. The standard InChI is InChI=1S/C23H28N6O2/c1-3-29-10-9-20(26-29)21(30)25-19-11-18-14-28(13-17-7-5-4-6-8-17)15-23(18,12-19)22-24-16(2)27-31-22/h4-10,18-19H,3,11-15H2,1-2H3,(H,25,30)/t18-,19+,23-/m0/s1. The Morgan fingerprint density at radius 3 is 2.84 bits per heavy atom. The summed E-state index contributed by atoms with van der Waals surface area (Å²) in [5.41, 5.74) is 1.54. The summed E-state index contributed by atoms with van der Waals surface area (Å²) in [6.45, 7) is 7.31. The number of amides is 1. The van der Waals surface area contributed by atoms with Crippen LogP contribution in [0.3, 0.4) is 0 Å². The summed E-state index contributed by atoms with van der Waals surface area (Å²) < 4.78 is 7.46. The van der Waals surface area contributed by atoms with Crippen LogP contribution in [0.25, 0.3) is 0 Å². The Morgan fingerprint density at radius 1 is 1.29 bits per heavy atom. The highest BCUT2D eigenvalue weighted by atomic mass is 16.5. The van der Waals surface area contributed by atoms with Crippen LogP contribution < -0.4 is 5.32 Å². The summed E-state index contributed by atoms with van der Waals surface area (Å²) in [5, 5.41) is 11.6. The fourth-order valence-electron chi connectivity index (χ4n) is 5.30. The summed E-state index contributed by atoms with van der Waals surface area (Å²) >= 11 is 0. The van der Waals surface area contributed by atoms with Crippen molar-refractivity contribution in [3.05, 3.63) is 65.6 Å². The van der Waals surface area contributed by atoms with E-state index in [-0.39, 0.29) is 17.4 Å². The molecule has 8 nitrogen and oxygen atoms in total. The number of carbonyl (C=O) groups is 1. The molecule has 3 heterocycles. The van der Waals surface area contributed by atoms with Crippen molar-refractivity contribution >= 4 is 5.91 Å². The number of nitrogens with one attached hydrogen (secondary N) is 1. The molecule has 2 aromatic heterocycles. The van der Waals surface area contributed by atoms with Crippen molar-refractivity contribution in [2.24, 2.45) is 5.92 Å². The van der Waals surface area contributed by atoms with Crippen LogP contribution in [0.1, 0.15) is 47.5 Å². The number of fused-ring (bicyclic) bond motifs is 1. The average molecular weight is 421 g/mol. The summed E-state index contributed by atoms with van der Waals surface area (Å²) in [6.07, 6.45) is 3.53. The SMILES string of the molecule is CCn1ccc(C(=O)N[C@@H]2C[C@H]3CN(Cc4ccccc4)C[C@@]3(c3nc(C)no3)C2)n1. The molecule has 0 radical (unpaired) electrons. The summed E-state index contributed by atoms with van der Waals surface area (Å²) in [7, 11) is 0. The Morgan fingerprint density at radius 2 is 2.13 bits per heavy atom. The number of rotatable bonds is 6. The molecule has 2 aliphatic rings. The lowest BCUT2D eigenvalue weighted by Crippen LogP contribution is -2.38.